The molecular formula is C28H24Cl2N8. The average molecular weight is 543 g/mol. The van der Waals surface area contributed by atoms with E-state index in [9.17, 15) is 0 Å². The van der Waals surface area contributed by atoms with Crippen LogP contribution in [0.5, 0.6) is 0 Å². The van der Waals surface area contributed by atoms with E-state index >= 15 is 0 Å². The summed E-state index contributed by atoms with van der Waals surface area (Å²) in [6.45, 7) is 3.56. The summed E-state index contributed by atoms with van der Waals surface area (Å²) in [6.07, 6.45) is 7.01. The second-order valence-corrected chi connectivity index (χ2v) is 10.1. The molecule has 10 heteroatoms. The maximum atomic E-state index is 6.24. The molecule has 0 fully saturated rings. The maximum Gasteiger partial charge on any atom is 0.143 e. The molecule has 0 unspecified atom stereocenters. The van der Waals surface area contributed by atoms with Gasteiger partial charge in [-0.1, -0.05) is 54.4 Å². The smallest absolute Gasteiger partial charge is 0.143 e. The fourth-order valence-electron chi connectivity index (χ4n) is 4.58. The van der Waals surface area contributed by atoms with E-state index in [0.29, 0.717) is 23.1 Å². The summed E-state index contributed by atoms with van der Waals surface area (Å²) in [5, 5.41) is 10.3. The summed E-state index contributed by atoms with van der Waals surface area (Å²) in [6, 6.07) is 15.5. The highest BCUT2D eigenvalue weighted by atomic mass is 35.5. The highest BCUT2D eigenvalue weighted by molar-refractivity contribution is 6.31. The lowest BCUT2D eigenvalue weighted by molar-refractivity contribution is 0.647. The van der Waals surface area contributed by atoms with Crippen LogP contribution in [0.1, 0.15) is 6.92 Å². The van der Waals surface area contributed by atoms with Gasteiger partial charge in [0.25, 0.3) is 0 Å². The molecule has 4 N–H and O–H groups in total. The fourth-order valence-corrected chi connectivity index (χ4v) is 4.96. The molecule has 4 aromatic heterocycles. The lowest BCUT2D eigenvalue weighted by Crippen LogP contribution is -2.20. The molecule has 0 aliphatic heterocycles. The molecule has 2 aromatic carbocycles. The van der Waals surface area contributed by atoms with Crippen molar-refractivity contribution in [1.82, 2.24) is 29.9 Å². The zero-order valence-electron chi connectivity index (χ0n) is 20.5. The predicted molar refractivity (Wildman–Crippen MR) is 155 cm³/mol. The van der Waals surface area contributed by atoms with E-state index < -0.39 is 0 Å². The number of halogens is 2. The van der Waals surface area contributed by atoms with Gasteiger partial charge in [-0.25, -0.2) is 19.9 Å². The largest absolute Gasteiger partial charge is 0.369 e. The number of H-pyrrole nitrogens is 2. The van der Waals surface area contributed by atoms with Crippen LogP contribution in [0.25, 0.3) is 44.3 Å². The molecule has 0 saturated heterocycles. The normalized spacial score (nSPS) is 11.5. The molecule has 0 atom stereocenters. The van der Waals surface area contributed by atoms with Crippen molar-refractivity contribution in [2.24, 2.45) is 5.92 Å². The number of fused-ring (bicyclic) bond motifs is 2. The van der Waals surface area contributed by atoms with Gasteiger partial charge in [-0.2, -0.15) is 0 Å². The third-order valence-corrected chi connectivity index (χ3v) is 6.92. The topological polar surface area (TPSA) is 107 Å². The Morgan fingerprint density at radius 2 is 1.18 bits per heavy atom. The minimum atomic E-state index is 0.257. The van der Waals surface area contributed by atoms with Gasteiger partial charge in [-0.05, 0) is 41.3 Å². The summed E-state index contributed by atoms with van der Waals surface area (Å²) in [7, 11) is 0. The van der Waals surface area contributed by atoms with Crippen LogP contribution in [0.15, 0.2) is 73.6 Å². The number of nitrogens with zero attached hydrogens (tertiary/aromatic N) is 4. The Morgan fingerprint density at radius 3 is 1.63 bits per heavy atom. The molecule has 6 rings (SSSR count). The van der Waals surface area contributed by atoms with Crippen LogP contribution >= 0.6 is 23.2 Å². The molecule has 0 radical (unpaired) electrons. The van der Waals surface area contributed by atoms with Gasteiger partial charge >= 0.3 is 0 Å². The quantitative estimate of drug-likeness (QED) is 0.164. The minimum Gasteiger partial charge on any atom is -0.369 e. The number of rotatable bonds is 8. The monoisotopic (exact) mass is 542 g/mol. The summed E-state index contributed by atoms with van der Waals surface area (Å²) < 4.78 is 0. The zero-order chi connectivity index (χ0) is 26.1. The lowest BCUT2D eigenvalue weighted by atomic mass is 10.1. The Labute approximate surface area is 228 Å². The van der Waals surface area contributed by atoms with Crippen LogP contribution in [-0.4, -0.2) is 43.0 Å². The lowest BCUT2D eigenvalue weighted by Gasteiger charge is -2.16. The van der Waals surface area contributed by atoms with Gasteiger partial charge in [0.2, 0.25) is 0 Å². The predicted octanol–water partition coefficient (Wildman–Crippen LogP) is 7.03. The average Bonchev–Trinajstić information content (AvgIpc) is 3.56. The zero-order valence-corrected chi connectivity index (χ0v) is 22.0. The fraction of sp³-hybridized carbons (Fsp3) is 0.143. The van der Waals surface area contributed by atoms with Crippen molar-refractivity contribution in [1.29, 1.82) is 0 Å². The molecule has 0 amide bonds. The van der Waals surface area contributed by atoms with Crippen molar-refractivity contribution < 1.29 is 0 Å². The highest BCUT2D eigenvalue weighted by Gasteiger charge is 2.16. The van der Waals surface area contributed by atoms with Crippen LogP contribution in [-0.2, 0) is 0 Å². The molecule has 0 aliphatic rings. The molecule has 38 heavy (non-hydrogen) atoms. The summed E-state index contributed by atoms with van der Waals surface area (Å²) in [5.74, 6) is 1.81. The van der Waals surface area contributed by atoms with Gasteiger partial charge in [-0.15, -0.1) is 0 Å². The van der Waals surface area contributed by atoms with Gasteiger partial charge in [0.05, 0.1) is 10.8 Å². The number of nitrogens with one attached hydrogen (secondary N) is 4. The first-order valence-electron chi connectivity index (χ1n) is 12.2. The molecular weight excluding hydrogens is 519 g/mol. The standard InChI is InChI=1S/C28H24Cl2N8/c1-16(10-31-25-23-21(12-33-27(23)37-14-35-25)17-4-2-6-19(29)8-17)11-32-26-24-22(13-34-28(24)38-15-36-26)18-5-3-7-20(30)9-18/h2-9,12-16H,10-11H2,1H3,(H2,31,33,35,37)(H2,32,34,36,38). The second kappa shape index (κ2) is 10.3. The Morgan fingerprint density at radius 1 is 0.711 bits per heavy atom. The Kier molecular flexibility index (Phi) is 6.57. The van der Waals surface area contributed by atoms with Gasteiger partial charge in [-0.3, -0.25) is 0 Å². The number of aromatic amines is 2. The van der Waals surface area contributed by atoms with Gasteiger partial charge in [0.1, 0.15) is 35.6 Å². The minimum absolute atomic E-state index is 0.257. The Balaban J connectivity index is 1.19. The van der Waals surface area contributed by atoms with Gasteiger partial charge < -0.3 is 20.6 Å². The van der Waals surface area contributed by atoms with E-state index in [-0.39, 0.29) is 5.92 Å². The van der Waals surface area contributed by atoms with E-state index in [4.69, 9.17) is 23.2 Å². The first-order valence-corrected chi connectivity index (χ1v) is 13.0. The number of hydrogen-bond donors (Lipinski definition) is 4. The van der Waals surface area contributed by atoms with Crippen LogP contribution in [0, 0.1) is 5.92 Å². The van der Waals surface area contributed by atoms with E-state index in [0.717, 1.165) is 56.0 Å². The number of anilines is 2. The van der Waals surface area contributed by atoms with E-state index in [2.05, 4.69) is 47.5 Å². The van der Waals surface area contributed by atoms with Crippen LogP contribution in [0.3, 0.4) is 0 Å². The molecule has 8 nitrogen and oxygen atoms in total. The number of aromatic nitrogens is 6. The van der Waals surface area contributed by atoms with Gasteiger partial charge in [0, 0.05) is 46.7 Å². The maximum absolute atomic E-state index is 6.24. The van der Waals surface area contributed by atoms with Crippen LogP contribution < -0.4 is 10.6 Å². The van der Waals surface area contributed by atoms with Crippen LogP contribution in [0.4, 0.5) is 11.6 Å². The summed E-state index contributed by atoms with van der Waals surface area (Å²) in [4.78, 5) is 24.4. The van der Waals surface area contributed by atoms with Crippen molar-refractivity contribution in [2.75, 3.05) is 23.7 Å². The van der Waals surface area contributed by atoms with E-state index in [1.165, 1.54) is 0 Å². The van der Waals surface area contributed by atoms with Crippen molar-refractivity contribution in [3.05, 3.63) is 83.6 Å². The number of benzene rings is 2. The molecule has 6 aromatic rings. The van der Waals surface area contributed by atoms with Crippen molar-refractivity contribution >= 4 is 56.9 Å². The van der Waals surface area contributed by atoms with E-state index in [1.807, 2.05) is 60.9 Å². The SMILES string of the molecule is CC(CNc1ncnc2[nH]cc(-c3cccc(Cl)c3)c12)CNc1ncnc2[nH]cc(-c3cccc(Cl)c3)c12. The van der Waals surface area contributed by atoms with E-state index in [1.54, 1.807) is 12.7 Å². The number of hydrogen-bond acceptors (Lipinski definition) is 6. The second-order valence-electron chi connectivity index (χ2n) is 9.18. The first-order chi connectivity index (χ1) is 18.6. The molecule has 190 valence electrons. The molecule has 0 saturated carbocycles. The highest BCUT2D eigenvalue weighted by Crippen LogP contribution is 2.34. The van der Waals surface area contributed by atoms with Crippen molar-refractivity contribution in [3.8, 4) is 22.3 Å². The summed E-state index contributed by atoms with van der Waals surface area (Å²) in [5.41, 5.74) is 5.55. The Hall–Kier alpha value is -4.14. The van der Waals surface area contributed by atoms with Crippen LogP contribution in [0.2, 0.25) is 10.0 Å². The van der Waals surface area contributed by atoms with Gasteiger partial charge in [0.15, 0.2) is 0 Å². The molecule has 0 aliphatic carbocycles. The van der Waals surface area contributed by atoms with Crippen molar-refractivity contribution in [3.63, 3.8) is 0 Å². The third-order valence-electron chi connectivity index (χ3n) is 6.45. The summed E-state index contributed by atoms with van der Waals surface area (Å²) >= 11 is 12.5. The molecule has 4 heterocycles. The first kappa shape index (κ1) is 24.2. The molecule has 0 spiro atoms. The van der Waals surface area contributed by atoms with Crippen molar-refractivity contribution in [2.45, 2.75) is 6.92 Å². The molecule has 0 bridgehead atoms. The third kappa shape index (κ3) is 4.76. The Bertz CT molecular complexity index is 1610.